The lowest BCUT2D eigenvalue weighted by molar-refractivity contribution is 0.0186. The molecule has 2 N–H and O–H groups in total. The highest BCUT2D eigenvalue weighted by Gasteiger charge is 2.32. The van der Waals surface area contributed by atoms with Crippen LogP contribution in [0.25, 0.3) is 0 Å². The number of benzene rings is 1. The van der Waals surface area contributed by atoms with Crippen molar-refractivity contribution in [3.8, 4) is 0 Å². The van der Waals surface area contributed by atoms with E-state index >= 15 is 0 Å². The van der Waals surface area contributed by atoms with Gasteiger partial charge in [0.2, 0.25) is 0 Å². The monoisotopic (exact) mass is 294 g/mol. The SMILES string of the molecule is CC(C)(C)OC(=O)N1CCC(N)C(c2cccc(F)c2)C1. The predicted octanol–water partition coefficient (Wildman–Crippen LogP) is 2.88. The Morgan fingerprint density at radius 2 is 2.14 bits per heavy atom. The van der Waals surface area contributed by atoms with Gasteiger partial charge in [0.1, 0.15) is 11.4 Å². The molecule has 2 rings (SSSR count). The minimum Gasteiger partial charge on any atom is -0.444 e. The average Bonchev–Trinajstić information content (AvgIpc) is 2.37. The van der Waals surface area contributed by atoms with E-state index in [1.165, 1.54) is 12.1 Å². The largest absolute Gasteiger partial charge is 0.444 e. The molecule has 0 radical (unpaired) electrons. The normalized spacial score (nSPS) is 23.0. The average molecular weight is 294 g/mol. The predicted molar refractivity (Wildman–Crippen MR) is 79.5 cm³/mol. The number of ether oxygens (including phenoxy) is 1. The number of carbonyl (C=O) groups is 1. The fourth-order valence-electron chi connectivity index (χ4n) is 2.55. The molecule has 0 saturated carbocycles. The van der Waals surface area contributed by atoms with E-state index in [9.17, 15) is 9.18 Å². The van der Waals surface area contributed by atoms with E-state index in [1.807, 2.05) is 26.8 Å². The van der Waals surface area contributed by atoms with Crippen molar-refractivity contribution in [3.05, 3.63) is 35.6 Å². The summed E-state index contributed by atoms with van der Waals surface area (Å²) in [5.74, 6) is -0.351. The maximum absolute atomic E-state index is 13.4. The number of halogens is 1. The fourth-order valence-corrected chi connectivity index (χ4v) is 2.55. The molecule has 0 aromatic heterocycles. The lowest BCUT2D eigenvalue weighted by atomic mass is 9.86. The topological polar surface area (TPSA) is 55.6 Å². The minimum absolute atomic E-state index is 0.0676. The fraction of sp³-hybridized carbons (Fsp3) is 0.562. The highest BCUT2D eigenvalue weighted by molar-refractivity contribution is 5.68. The number of hydrogen-bond donors (Lipinski definition) is 1. The molecular weight excluding hydrogens is 271 g/mol. The molecule has 0 spiro atoms. The van der Waals surface area contributed by atoms with E-state index < -0.39 is 5.60 Å². The first kappa shape index (κ1) is 15.8. The Labute approximate surface area is 125 Å². The zero-order valence-corrected chi connectivity index (χ0v) is 12.8. The molecule has 1 aromatic carbocycles. The van der Waals surface area contributed by atoms with Gasteiger partial charge in [0.05, 0.1) is 0 Å². The smallest absolute Gasteiger partial charge is 0.410 e. The van der Waals surface area contributed by atoms with Gasteiger partial charge in [-0.15, -0.1) is 0 Å². The third-order valence-corrected chi connectivity index (χ3v) is 3.59. The summed E-state index contributed by atoms with van der Waals surface area (Å²) in [6.45, 7) is 6.54. The van der Waals surface area contributed by atoms with Gasteiger partial charge in [0.15, 0.2) is 0 Å². The Morgan fingerprint density at radius 3 is 2.76 bits per heavy atom. The lowest BCUT2D eigenvalue weighted by Crippen LogP contribution is -2.49. The molecule has 5 heteroatoms. The molecule has 2 atom stereocenters. The molecule has 1 amide bonds. The standard InChI is InChI=1S/C16H23FN2O2/c1-16(2,3)21-15(20)19-8-7-14(18)13(10-19)11-5-4-6-12(17)9-11/h4-6,9,13-14H,7-8,10,18H2,1-3H3. The molecule has 2 unspecified atom stereocenters. The van der Waals surface area contributed by atoms with Crippen molar-refractivity contribution in [2.45, 2.75) is 44.8 Å². The van der Waals surface area contributed by atoms with Crippen molar-refractivity contribution in [2.75, 3.05) is 13.1 Å². The first-order valence-corrected chi connectivity index (χ1v) is 7.25. The maximum Gasteiger partial charge on any atom is 0.410 e. The van der Waals surface area contributed by atoms with Gasteiger partial charge in [-0.3, -0.25) is 0 Å². The van der Waals surface area contributed by atoms with Gasteiger partial charge in [-0.05, 0) is 44.9 Å². The van der Waals surface area contributed by atoms with E-state index in [-0.39, 0.29) is 23.9 Å². The van der Waals surface area contributed by atoms with Crippen molar-refractivity contribution in [3.63, 3.8) is 0 Å². The number of piperidine rings is 1. The minimum atomic E-state index is -0.523. The Bertz CT molecular complexity index is 513. The third-order valence-electron chi connectivity index (χ3n) is 3.59. The molecule has 1 heterocycles. The quantitative estimate of drug-likeness (QED) is 0.866. The molecule has 1 aliphatic rings. The first-order chi connectivity index (χ1) is 9.76. The van der Waals surface area contributed by atoms with E-state index in [4.69, 9.17) is 10.5 Å². The Morgan fingerprint density at radius 1 is 1.43 bits per heavy atom. The molecule has 0 aliphatic carbocycles. The molecule has 0 bridgehead atoms. The van der Waals surface area contributed by atoms with Crippen molar-refractivity contribution in [1.82, 2.24) is 4.90 Å². The van der Waals surface area contributed by atoms with E-state index in [2.05, 4.69) is 0 Å². The van der Waals surface area contributed by atoms with Gasteiger partial charge >= 0.3 is 6.09 Å². The summed E-state index contributed by atoms with van der Waals surface area (Å²) in [4.78, 5) is 13.8. The van der Waals surface area contributed by atoms with Crippen LogP contribution in [0.4, 0.5) is 9.18 Å². The second kappa shape index (κ2) is 6.02. The molecule has 1 aromatic rings. The zero-order valence-electron chi connectivity index (χ0n) is 12.8. The summed E-state index contributed by atoms with van der Waals surface area (Å²) in [7, 11) is 0. The van der Waals surface area contributed by atoms with Crippen LogP contribution in [0.15, 0.2) is 24.3 Å². The Hall–Kier alpha value is -1.62. The maximum atomic E-state index is 13.4. The van der Waals surface area contributed by atoms with Crippen LogP contribution in [-0.2, 0) is 4.74 Å². The zero-order chi connectivity index (χ0) is 15.6. The van der Waals surface area contributed by atoms with Crippen LogP contribution < -0.4 is 5.73 Å². The number of nitrogens with two attached hydrogens (primary N) is 1. The number of likely N-dealkylation sites (tertiary alicyclic amines) is 1. The third kappa shape index (κ3) is 4.17. The molecule has 1 aliphatic heterocycles. The molecule has 1 saturated heterocycles. The highest BCUT2D eigenvalue weighted by Crippen LogP contribution is 2.27. The van der Waals surface area contributed by atoms with Gasteiger partial charge in [-0.2, -0.15) is 0 Å². The summed E-state index contributed by atoms with van der Waals surface area (Å²) < 4.78 is 18.8. The van der Waals surface area contributed by atoms with Gasteiger partial charge in [0.25, 0.3) is 0 Å². The summed E-state index contributed by atoms with van der Waals surface area (Å²) in [6, 6.07) is 6.34. The summed E-state index contributed by atoms with van der Waals surface area (Å²) in [5.41, 5.74) is 6.46. The van der Waals surface area contributed by atoms with Crippen molar-refractivity contribution in [2.24, 2.45) is 5.73 Å². The van der Waals surface area contributed by atoms with Crippen LogP contribution in [0.3, 0.4) is 0 Å². The van der Waals surface area contributed by atoms with Gasteiger partial charge < -0.3 is 15.4 Å². The summed E-state index contributed by atoms with van der Waals surface area (Å²) >= 11 is 0. The summed E-state index contributed by atoms with van der Waals surface area (Å²) in [6.07, 6.45) is 0.344. The van der Waals surface area contributed by atoms with Crippen LogP contribution in [0.2, 0.25) is 0 Å². The van der Waals surface area contributed by atoms with Crippen LogP contribution >= 0.6 is 0 Å². The van der Waals surface area contributed by atoms with Crippen LogP contribution in [0.1, 0.15) is 38.7 Å². The lowest BCUT2D eigenvalue weighted by Gasteiger charge is -2.37. The second-order valence-electron chi connectivity index (χ2n) is 6.54. The van der Waals surface area contributed by atoms with E-state index in [0.29, 0.717) is 19.5 Å². The van der Waals surface area contributed by atoms with Crippen molar-refractivity contribution >= 4 is 6.09 Å². The van der Waals surface area contributed by atoms with Gasteiger partial charge in [-0.1, -0.05) is 12.1 Å². The number of nitrogens with zero attached hydrogens (tertiary/aromatic N) is 1. The van der Waals surface area contributed by atoms with E-state index in [1.54, 1.807) is 11.0 Å². The van der Waals surface area contributed by atoms with E-state index in [0.717, 1.165) is 5.56 Å². The van der Waals surface area contributed by atoms with Gasteiger partial charge in [-0.25, -0.2) is 9.18 Å². The number of carbonyl (C=O) groups excluding carboxylic acids is 1. The second-order valence-corrected chi connectivity index (χ2v) is 6.54. The van der Waals surface area contributed by atoms with Crippen molar-refractivity contribution in [1.29, 1.82) is 0 Å². The van der Waals surface area contributed by atoms with Crippen LogP contribution in [-0.4, -0.2) is 35.7 Å². The number of hydrogen-bond acceptors (Lipinski definition) is 3. The highest BCUT2D eigenvalue weighted by atomic mass is 19.1. The number of amides is 1. The van der Waals surface area contributed by atoms with Gasteiger partial charge in [0, 0.05) is 25.0 Å². The Balaban J connectivity index is 2.11. The van der Waals surface area contributed by atoms with Crippen LogP contribution in [0, 0.1) is 5.82 Å². The van der Waals surface area contributed by atoms with Crippen LogP contribution in [0.5, 0.6) is 0 Å². The molecule has 21 heavy (non-hydrogen) atoms. The summed E-state index contributed by atoms with van der Waals surface area (Å²) in [5, 5.41) is 0. The molecule has 1 fully saturated rings. The number of rotatable bonds is 1. The Kier molecular flexibility index (Phi) is 4.52. The van der Waals surface area contributed by atoms with Crippen molar-refractivity contribution < 1.29 is 13.9 Å². The molecular formula is C16H23FN2O2. The molecule has 4 nitrogen and oxygen atoms in total. The molecule has 116 valence electrons. The first-order valence-electron chi connectivity index (χ1n) is 7.25.